The Bertz CT molecular complexity index is 797. The minimum absolute atomic E-state index is 0.0336. The molecular formula is C14H17N3O3S2. The summed E-state index contributed by atoms with van der Waals surface area (Å²) in [5.74, 6) is -0.705. The summed E-state index contributed by atoms with van der Waals surface area (Å²) < 4.78 is 21.6. The maximum Gasteiger partial charge on any atom is 0.270 e. The molecule has 1 heterocycles. The zero-order valence-electron chi connectivity index (χ0n) is 12.3. The van der Waals surface area contributed by atoms with Gasteiger partial charge < -0.3 is 5.32 Å². The Kier molecular flexibility index (Phi) is 4.94. The Morgan fingerprint density at radius 2 is 2.09 bits per heavy atom. The lowest BCUT2D eigenvalue weighted by molar-refractivity contribution is 0.0952. The molecule has 0 aliphatic heterocycles. The third-order valence-electron chi connectivity index (χ3n) is 3.02. The van der Waals surface area contributed by atoms with Gasteiger partial charge in [0, 0.05) is 17.5 Å². The molecule has 3 N–H and O–H groups in total. The molecular weight excluding hydrogens is 322 g/mol. The fourth-order valence-corrected chi connectivity index (χ4v) is 3.23. The Balaban J connectivity index is 2.09. The molecule has 1 aromatic carbocycles. The number of rotatable bonds is 5. The molecule has 0 fully saturated rings. The lowest BCUT2D eigenvalue weighted by Crippen LogP contribution is -2.31. The summed E-state index contributed by atoms with van der Waals surface area (Å²) in [5, 5.41) is 9.78. The van der Waals surface area contributed by atoms with Gasteiger partial charge in [-0.2, -0.15) is 0 Å². The standard InChI is InChI=1S/C14H17N3O3S2/c1-9-3-4-11(10(2)7-9)14-17-12(8-21-14)13(18)16-5-6-22(15,19)20/h3-4,7-8H,5-6H2,1-2H3,(H,16,18)(H2,15,19,20). The SMILES string of the molecule is Cc1ccc(-c2nc(C(=O)NCCS(N)(=O)=O)cs2)c(C)c1. The number of hydrogen-bond donors (Lipinski definition) is 2. The summed E-state index contributed by atoms with van der Waals surface area (Å²) in [6, 6.07) is 6.03. The molecule has 0 spiro atoms. The van der Waals surface area contributed by atoms with Crippen molar-refractivity contribution in [3.8, 4) is 10.6 Å². The topological polar surface area (TPSA) is 102 Å². The van der Waals surface area contributed by atoms with Crippen LogP contribution in [0.5, 0.6) is 0 Å². The summed E-state index contributed by atoms with van der Waals surface area (Å²) in [4.78, 5) is 16.2. The summed E-state index contributed by atoms with van der Waals surface area (Å²) in [5.41, 5.74) is 3.52. The number of primary sulfonamides is 1. The van der Waals surface area contributed by atoms with Gasteiger partial charge in [-0.1, -0.05) is 23.8 Å². The van der Waals surface area contributed by atoms with E-state index in [9.17, 15) is 13.2 Å². The predicted octanol–water partition coefficient (Wildman–Crippen LogP) is 1.45. The number of sulfonamides is 1. The van der Waals surface area contributed by atoms with Gasteiger partial charge in [-0.25, -0.2) is 18.5 Å². The highest BCUT2D eigenvalue weighted by Crippen LogP contribution is 2.27. The molecule has 0 saturated carbocycles. The van der Waals surface area contributed by atoms with Crippen molar-refractivity contribution in [2.45, 2.75) is 13.8 Å². The van der Waals surface area contributed by atoms with Gasteiger partial charge in [0.15, 0.2) is 0 Å². The minimum Gasteiger partial charge on any atom is -0.350 e. The van der Waals surface area contributed by atoms with Gasteiger partial charge in [-0.3, -0.25) is 4.79 Å². The smallest absolute Gasteiger partial charge is 0.270 e. The molecule has 22 heavy (non-hydrogen) atoms. The van der Waals surface area contributed by atoms with Crippen LogP contribution < -0.4 is 10.5 Å². The Morgan fingerprint density at radius 1 is 1.36 bits per heavy atom. The molecule has 0 radical (unpaired) electrons. The number of hydrogen-bond acceptors (Lipinski definition) is 5. The molecule has 2 aromatic rings. The van der Waals surface area contributed by atoms with Gasteiger partial charge in [0.05, 0.1) is 5.75 Å². The lowest BCUT2D eigenvalue weighted by Gasteiger charge is -2.03. The number of thiazole rings is 1. The van der Waals surface area contributed by atoms with Crippen LogP contribution in [0.3, 0.4) is 0 Å². The monoisotopic (exact) mass is 339 g/mol. The van der Waals surface area contributed by atoms with Gasteiger partial charge in [-0.15, -0.1) is 11.3 Å². The van der Waals surface area contributed by atoms with Crippen molar-refractivity contribution in [1.82, 2.24) is 10.3 Å². The van der Waals surface area contributed by atoms with Crippen molar-refractivity contribution in [2.24, 2.45) is 5.14 Å². The average molecular weight is 339 g/mol. The van der Waals surface area contributed by atoms with Crippen LogP contribution in [0.1, 0.15) is 21.6 Å². The maximum atomic E-state index is 11.9. The highest BCUT2D eigenvalue weighted by Gasteiger charge is 2.13. The van der Waals surface area contributed by atoms with Crippen molar-refractivity contribution >= 4 is 27.3 Å². The molecule has 0 aliphatic rings. The zero-order chi connectivity index (χ0) is 16.3. The molecule has 0 atom stereocenters. The summed E-state index contributed by atoms with van der Waals surface area (Å²) in [6.45, 7) is 3.98. The van der Waals surface area contributed by atoms with Crippen LogP contribution >= 0.6 is 11.3 Å². The van der Waals surface area contributed by atoms with Gasteiger partial charge in [0.25, 0.3) is 5.91 Å². The molecule has 2 rings (SSSR count). The fraction of sp³-hybridized carbons (Fsp3) is 0.286. The van der Waals surface area contributed by atoms with Crippen molar-refractivity contribution in [2.75, 3.05) is 12.3 Å². The fourth-order valence-electron chi connectivity index (χ4n) is 1.95. The van der Waals surface area contributed by atoms with E-state index in [2.05, 4.69) is 16.4 Å². The van der Waals surface area contributed by atoms with Gasteiger partial charge in [0.2, 0.25) is 10.0 Å². The lowest BCUT2D eigenvalue weighted by atomic mass is 10.1. The second-order valence-corrected chi connectivity index (χ2v) is 7.57. The van der Waals surface area contributed by atoms with E-state index in [1.165, 1.54) is 16.9 Å². The first kappa shape index (κ1) is 16.6. The molecule has 0 saturated heterocycles. The van der Waals surface area contributed by atoms with Crippen LogP contribution in [-0.4, -0.2) is 31.6 Å². The van der Waals surface area contributed by atoms with Gasteiger partial charge >= 0.3 is 0 Å². The number of aryl methyl sites for hydroxylation is 2. The van der Waals surface area contributed by atoms with E-state index in [1.54, 1.807) is 5.38 Å². The summed E-state index contributed by atoms with van der Waals surface area (Å²) in [7, 11) is -3.58. The van der Waals surface area contributed by atoms with Crippen molar-refractivity contribution in [3.63, 3.8) is 0 Å². The van der Waals surface area contributed by atoms with E-state index in [0.717, 1.165) is 16.1 Å². The highest BCUT2D eigenvalue weighted by molar-refractivity contribution is 7.89. The number of benzene rings is 1. The van der Waals surface area contributed by atoms with E-state index in [0.29, 0.717) is 0 Å². The quantitative estimate of drug-likeness (QED) is 0.860. The maximum absolute atomic E-state index is 11.9. The van der Waals surface area contributed by atoms with E-state index in [4.69, 9.17) is 5.14 Å². The van der Waals surface area contributed by atoms with E-state index in [-0.39, 0.29) is 18.0 Å². The third kappa shape index (κ3) is 4.36. The predicted molar refractivity (Wildman–Crippen MR) is 87.3 cm³/mol. The molecule has 1 aromatic heterocycles. The minimum atomic E-state index is -3.58. The third-order valence-corrected chi connectivity index (χ3v) is 4.67. The Morgan fingerprint density at radius 3 is 2.73 bits per heavy atom. The van der Waals surface area contributed by atoms with E-state index >= 15 is 0 Å². The van der Waals surface area contributed by atoms with Crippen LogP contribution in [0.15, 0.2) is 23.6 Å². The number of carbonyl (C=O) groups is 1. The summed E-state index contributed by atoms with van der Waals surface area (Å²) in [6.07, 6.45) is 0. The Labute approximate surface area is 133 Å². The van der Waals surface area contributed by atoms with Crippen molar-refractivity contribution < 1.29 is 13.2 Å². The highest BCUT2D eigenvalue weighted by atomic mass is 32.2. The molecule has 0 unspecified atom stereocenters. The summed E-state index contributed by atoms with van der Waals surface area (Å²) >= 11 is 1.38. The molecule has 8 heteroatoms. The molecule has 1 amide bonds. The second-order valence-electron chi connectivity index (χ2n) is 4.98. The van der Waals surface area contributed by atoms with Gasteiger partial charge in [-0.05, 0) is 19.4 Å². The first-order chi connectivity index (χ1) is 10.3. The van der Waals surface area contributed by atoms with Crippen LogP contribution in [0.25, 0.3) is 10.6 Å². The van der Waals surface area contributed by atoms with Crippen LogP contribution in [0.4, 0.5) is 0 Å². The second kappa shape index (κ2) is 6.55. The average Bonchev–Trinajstić information content (AvgIpc) is 2.86. The van der Waals surface area contributed by atoms with Crippen LogP contribution in [0.2, 0.25) is 0 Å². The van der Waals surface area contributed by atoms with Gasteiger partial charge in [0.1, 0.15) is 10.7 Å². The Hall–Kier alpha value is -1.77. The number of carbonyl (C=O) groups excluding carboxylic acids is 1. The van der Waals surface area contributed by atoms with Crippen molar-refractivity contribution in [1.29, 1.82) is 0 Å². The first-order valence-electron chi connectivity index (χ1n) is 6.58. The normalized spacial score (nSPS) is 11.4. The van der Waals surface area contributed by atoms with Crippen molar-refractivity contribution in [3.05, 3.63) is 40.4 Å². The van der Waals surface area contributed by atoms with Crippen LogP contribution in [-0.2, 0) is 10.0 Å². The van der Waals surface area contributed by atoms with E-state index < -0.39 is 15.9 Å². The number of nitrogens with one attached hydrogen (secondary N) is 1. The number of nitrogens with two attached hydrogens (primary N) is 1. The number of aromatic nitrogens is 1. The number of nitrogens with zero attached hydrogens (tertiary/aromatic N) is 1. The largest absolute Gasteiger partial charge is 0.350 e. The molecule has 118 valence electrons. The zero-order valence-corrected chi connectivity index (χ0v) is 13.9. The van der Waals surface area contributed by atoms with Crippen LogP contribution in [0, 0.1) is 13.8 Å². The van der Waals surface area contributed by atoms with E-state index in [1.807, 2.05) is 26.0 Å². The molecule has 0 bridgehead atoms. The molecule has 6 nitrogen and oxygen atoms in total. The molecule has 0 aliphatic carbocycles. The number of amides is 1. The first-order valence-corrected chi connectivity index (χ1v) is 9.17.